The van der Waals surface area contributed by atoms with Crippen LogP contribution < -0.4 is 10.1 Å². The number of hydrogen-bond acceptors (Lipinski definition) is 2. The van der Waals surface area contributed by atoms with E-state index in [0.29, 0.717) is 18.3 Å². The van der Waals surface area contributed by atoms with Crippen molar-refractivity contribution in [2.24, 2.45) is 0 Å². The van der Waals surface area contributed by atoms with Crippen LogP contribution in [0.5, 0.6) is 5.75 Å². The molecule has 0 aliphatic heterocycles. The van der Waals surface area contributed by atoms with Gasteiger partial charge in [0.2, 0.25) is 0 Å². The molecule has 1 aromatic carbocycles. The van der Waals surface area contributed by atoms with E-state index in [1.807, 2.05) is 0 Å². The van der Waals surface area contributed by atoms with Crippen LogP contribution in [0.4, 0.5) is 4.39 Å². The largest absolute Gasteiger partial charge is 0.496 e. The van der Waals surface area contributed by atoms with E-state index >= 15 is 0 Å². The Morgan fingerprint density at radius 2 is 2.31 bits per heavy atom. The van der Waals surface area contributed by atoms with Crippen LogP contribution >= 0.6 is 11.6 Å². The number of hydrogen-bond donors (Lipinski definition) is 1. The van der Waals surface area contributed by atoms with Gasteiger partial charge in [-0.3, -0.25) is 5.32 Å². The van der Waals surface area contributed by atoms with Gasteiger partial charge in [0.15, 0.2) is 0 Å². The summed E-state index contributed by atoms with van der Waals surface area (Å²) in [4.78, 5) is 0. The van der Waals surface area contributed by atoms with Crippen LogP contribution in [0.2, 0.25) is 0 Å². The number of ether oxygens (including phenoxy) is 1. The molecule has 4 heteroatoms. The number of rotatable bonds is 4. The van der Waals surface area contributed by atoms with E-state index in [1.165, 1.54) is 12.1 Å². The second-order valence-corrected chi connectivity index (χ2v) is 2.78. The summed E-state index contributed by atoms with van der Waals surface area (Å²) < 4.78 is 17.8. The van der Waals surface area contributed by atoms with Crippen molar-refractivity contribution in [3.63, 3.8) is 0 Å². The summed E-state index contributed by atoms with van der Waals surface area (Å²) in [6.45, 7) is 0.504. The molecule has 1 N–H and O–H groups in total. The summed E-state index contributed by atoms with van der Waals surface area (Å²) >= 11 is 5.44. The van der Waals surface area contributed by atoms with Crippen molar-refractivity contribution < 1.29 is 9.13 Å². The highest BCUT2D eigenvalue weighted by molar-refractivity contribution is 6.17. The Hall–Kier alpha value is -0.800. The molecule has 2 nitrogen and oxygen atoms in total. The first kappa shape index (κ1) is 10.3. The lowest BCUT2D eigenvalue weighted by Crippen LogP contribution is -2.11. The van der Waals surface area contributed by atoms with Gasteiger partial charge in [0.1, 0.15) is 11.6 Å². The molecule has 1 aromatic rings. The lowest BCUT2D eigenvalue weighted by molar-refractivity contribution is 0.407. The van der Waals surface area contributed by atoms with Crippen molar-refractivity contribution in [2.75, 3.05) is 13.1 Å². The molecule has 0 aromatic heterocycles. The summed E-state index contributed by atoms with van der Waals surface area (Å²) in [6.07, 6.45) is 0. The fraction of sp³-hybridized carbons (Fsp3) is 0.333. The molecule has 0 heterocycles. The second-order valence-electron chi connectivity index (χ2n) is 2.52. The summed E-state index contributed by atoms with van der Waals surface area (Å²) in [5.41, 5.74) is 0.767. The van der Waals surface area contributed by atoms with Crippen molar-refractivity contribution in [1.29, 1.82) is 0 Å². The third kappa shape index (κ3) is 2.86. The first-order valence-electron chi connectivity index (χ1n) is 3.87. The summed E-state index contributed by atoms with van der Waals surface area (Å²) in [5.74, 6) is 0.395. The average molecular weight is 204 g/mol. The first-order chi connectivity index (χ1) is 6.27. The molecule has 0 amide bonds. The van der Waals surface area contributed by atoms with Crippen LogP contribution in [0.3, 0.4) is 0 Å². The van der Waals surface area contributed by atoms with Gasteiger partial charge in [-0.25, -0.2) is 4.39 Å². The van der Waals surface area contributed by atoms with E-state index in [-0.39, 0.29) is 5.82 Å². The summed E-state index contributed by atoms with van der Waals surface area (Å²) in [6, 6.07) is 4.72. The van der Waals surface area contributed by atoms with Gasteiger partial charge >= 0.3 is 0 Å². The second kappa shape index (κ2) is 5.04. The minimum Gasteiger partial charge on any atom is -0.496 e. The van der Waals surface area contributed by atoms with Crippen molar-refractivity contribution in [3.8, 4) is 5.75 Å². The summed E-state index contributed by atoms with van der Waals surface area (Å²) in [5, 5.41) is 2.89. The molecule has 13 heavy (non-hydrogen) atoms. The van der Waals surface area contributed by atoms with E-state index in [1.54, 1.807) is 13.2 Å². The SMILES string of the molecule is COc1ccc(F)cc1CNCCl. The van der Waals surface area contributed by atoms with Crippen LogP contribution in [0.1, 0.15) is 5.56 Å². The van der Waals surface area contributed by atoms with Crippen molar-refractivity contribution in [1.82, 2.24) is 5.32 Å². The third-order valence-electron chi connectivity index (χ3n) is 1.65. The van der Waals surface area contributed by atoms with Crippen molar-refractivity contribution >= 4 is 11.6 Å². The topological polar surface area (TPSA) is 21.3 Å². The van der Waals surface area contributed by atoms with Gasteiger partial charge in [-0.15, -0.1) is 11.6 Å². The van der Waals surface area contributed by atoms with Gasteiger partial charge < -0.3 is 4.74 Å². The zero-order valence-corrected chi connectivity index (χ0v) is 8.07. The predicted octanol–water partition coefficient (Wildman–Crippen LogP) is 2.12. The maximum Gasteiger partial charge on any atom is 0.123 e. The molecular weight excluding hydrogens is 193 g/mol. The van der Waals surface area contributed by atoms with Gasteiger partial charge in [0, 0.05) is 12.1 Å². The van der Waals surface area contributed by atoms with Crippen LogP contribution in [0.25, 0.3) is 0 Å². The van der Waals surface area contributed by atoms with E-state index in [4.69, 9.17) is 16.3 Å². The Balaban J connectivity index is 2.81. The standard InChI is InChI=1S/C9H11ClFNO/c1-13-9-3-2-8(11)4-7(9)5-12-6-10/h2-4,12H,5-6H2,1H3. The number of benzene rings is 1. The van der Waals surface area contributed by atoms with Gasteiger partial charge in [0.05, 0.1) is 13.1 Å². The Labute approximate surface area is 81.7 Å². The normalized spacial score (nSPS) is 10.1. The first-order valence-corrected chi connectivity index (χ1v) is 4.40. The van der Waals surface area contributed by atoms with Gasteiger partial charge in [-0.2, -0.15) is 0 Å². The predicted molar refractivity (Wildman–Crippen MR) is 50.5 cm³/mol. The Bertz CT molecular complexity index is 280. The average Bonchev–Trinajstić information content (AvgIpc) is 2.15. The number of methoxy groups -OCH3 is 1. The Kier molecular flexibility index (Phi) is 3.99. The molecule has 0 radical (unpaired) electrons. The fourth-order valence-corrected chi connectivity index (χ4v) is 1.16. The van der Waals surface area contributed by atoms with Crippen LogP contribution in [-0.4, -0.2) is 13.1 Å². The molecule has 0 fully saturated rings. The molecular formula is C9H11ClFNO. The lowest BCUT2D eigenvalue weighted by Gasteiger charge is -2.07. The van der Waals surface area contributed by atoms with Gasteiger partial charge in [-0.05, 0) is 18.2 Å². The monoisotopic (exact) mass is 203 g/mol. The molecule has 0 saturated heterocycles. The van der Waals surface area contributed by atoms with E-state index in [2.05, 4.69) is 5.32 Å². The van der Waals surface area contributed by atoms with Crippen LogP contribution in [-0.2, 0) is 6.54 Å². The van der Waals surface area contributed by atoms with Gasteiger partial charge in [0.25, 0.3) is 0 Å². The number of halogens is 2. The number of alkyl halides is 1. The smallest absolute Gasteiger partial charge is 0.123 e. The number of nitrogens with one attached hydrogen (secondary N) is 1. The van der Waals surface area contributed by atoms with Gasteiger partial charge in [-0.1, -0.05) is 0 Å². The Morgan fingerprint density at radius 3 is 2.92 bits per heavy atom. The van der Waals surface area contributed by atoms with E-state index in [9.17, 15) is 4.39 Å². The highest BCUT2D eigenvalue weighted by Gasteiger charge is 2.03. The molecule has 0 spiro atoms. The van der Waals surface area contributed by atoms with Crippen LogP contribution in [0, 0.1) is 5.82 Å². The molecule has 1 rings (SSSR count). The molecule has 0 aliphatic carbocycles. The highest BCUT2D eigenvalue weighted by atomic mass is 35.5. The zero-order chi connectivity index (χ0) is 9.68. The molecule has 72 valence electrons. The van der Waals surface area contributed by atoms with E-state index in [0.717, 1.165) is 5.56 Å². The van der Waals surface area contributed by atoms with Crippen LogP contribution in [0.15, 0.2) is 18.2 Å². The molecule has 0 bridgehead atoms. The minimum atomic E-state index is -0.271. The quantitative estimate of drug-likeness (QED) is 0.598. The zero-order valence-electron chi connectivity index (χ0n) is 7.31. The van der Waals surface area contributed by atoms with Crippen molar-refractivity contribution in [2.45, 2.75) is 6.54 Å². The molecule has 0 atom stereocenters. The van der Waals surface area contributed by atoms with E-state index < -0.39 is 0 Å². The highest BCUT2D eigenvalue weighted by Crippen LogP contribution is 2.18. The van der Waals surface area contributed by atoms with Crippen molar-refractivity contribution in [3.05, 3.63) is 29.6 Å². The fourth-order valence-electron chi connectivity index (χ4n) is 1.07. The minimum absolute atomic E-state index is 0.271. The molecule has 0 saturated carbocycles. The maximum atomic E-state index is 12.8. The Morgan fingerprint density at radius 1 is 1.54 bits per heavy atom. The molecule has 0 unspecified atom stereocenters. The lowest BCUT2D eigenvalue weighted by atomic mass is 10.2. The molecule has 0 aliphatic rings. The maximum absolute atomic E-state index is 12.8. The summed E-state index contributed by atoms with van der Waals surface area (Å²) in [7, 11) is 1.55. The third-order valence-corrected chi connectivity index (χ3v) is 1.84.